The molecule has 1 N–H and O–H groups in total. The number of anilines is 1. The highest BCUT2D eigenvalue weighted by Crippen LogP contribution is 2.27. The van der Waals surface area contributed by atoms with Crippen molar-refractivity contribution < 1.29 is 13.2 Å². The molecule has 6 heteroatoms. The number of hydrogen-bond donors (Lipinski definition) is 1. The molecule has 0 aliphatic carbocycles. The molecule has 0 spiro atoms. The molecule has 0 aromatic carbocycles. The van der Waals surface area contributed by atoms with E-state index in [0.717, 1.165) is 12.6 Å². The maximum Gasteiger partial charge on any atom is 0.433 e. The van der Waals surface area contributed by atoms with Crippen LogP contribution in [-0.4, -0.2) is 37.1 Å². The van der Waals surface area contributed by atoms with Gasteiger partial charge in [0.25, 0.3) is 0 Å². The molecule has 0 aliphatic rings. The zero-order valence-electron chi connectivity index (χ0n) is 9.17. The van der Waals surface area contributed by atoms with Crippen molar-refractivity contribution in [1.82, 2.24) is 9.88 Å². The highest BCUT2D eigenvalue weighted by Gasteiger charge is 2.32. The van der Waals surface area contributed by atoms with Gasteiger partial charge in [-0.05, 0) is 26.2 Å². The van der Waals surface area contributed by atoms with E-state index >= 15 is 0 Å². The summed E-state index contributed by atoms with van der Waals surface area (Å²) in [6.45, 7) is 1.29. The van der Waals surface area contributed by atoms with E-state index < -0.39 is 11.9 Å². The quantitative estimate of drug-likeness (QED) is 0.863. The largest absolute Gasteiger partial charge is 0.433 e. The van der Waals surface area contributed by atoms with Crippen LogP contribution >= 0.6 is 0 Å². The van der Waals surface area contributed by atoms with Crippen LogP contribution in [0, 0.1) is 0 Å². The van der Waals surface area contributed by atoms with Crippen LogP contribution < -0.4 is 5.32 Å². The first-order valence-electron chi connectivity index (χ1n) is 4.82. The summed E-state index contributed by atoms with van der Waals surface area (Å²) in [5.74, 6) is 0.247. The van der Waals surface area contributed by atoms with Gasteiger partial charge in [-0.15, -0.1) is 0 Å². The van der Waals surface area contributed by atoms with Crippen LogP contribution in [-0.2, 0) is 6.18 Å². The Morgan fingerprint density at radius 1 is 1.31 bits per heavy atom. The van der Waals surface area contributed by atoms with Crippen molar-refractivity contribution in [2.75, 3.05) is 32.5 Å². The summed E-state index contributed by atoms with van der Waals surface area (Å²) >= 11 is 0. The van der Waals surface area contributed by atoms with Gasteiger partial charge in [0.1, 0.15) is 11.5 Å². The molecule has 0 bridgehead atoms. The maximum absolute atomic E-state index is 12.3. The first-order chi connectivity index (χ1) is 7.39. The van der Waals surface area contributed by atoms with Crippen LogP contribution in [0.15, 0.2) is 18.2 Å². The van der Waals surface area contributed by atoms with Crippen molar-refractivity contribution in [3.05, 3.63) is 23.9 Å². The van der Waals surface area contributed by atoms with Gasteiger partial charge in [0.05, 0.1) is 0 Å². The third-order valence-corrected chi connectivity index (χ3v) is 1.90. The van der Waals surface area contributed by atoms with Crippen LogP contribution in [0.2, 0.25) is 0 Å². The van der Waals surface area contributed by atoms with E-state index in [1.165, 1.54) is 12.1 Å². The third-order valence-electron chi connectivity index (χ3n) is 1.90. The number of hydrogen-bond acceptors (Lipinski definition) is 3. The van der Waals surface area contributed by atoms with Crippen LogP contribution in [0.5, 0.6) is 0 Å². The van der Waals surface area contributed by atoms with Gasteiger partial charge in [-0.3, -0.25) is 0 Å². The van der Waals surface area contributed by atoms with Crippen molar-refractivity contribution >= 4 is 5.82 Å². The fraction of sp³-hybridized carbons (Fsp3) is 0.500. The number of likely N-dealkylation sites (N-methyl/N-ethyl adjacent to an activating group) is 1. The van der Waals surface area contributed by atoms with E-state index in [1.807, 2.05) is 19.0 Å². The van der Waals surface area contributed by atoms with E-state index in [-0.39, 0.29) is 5.82 Å². The lowest BCUT2D eigenvalue weighted by molar-refractivity contribution is -0.141. The first kappa shape index (κ1) is 12.8. The van der Waals surface area contributed by atoms with E-state index in [2.05, 4.69) is 10.3 Å². The summed E-state index contributed by atoms with van der Waals surface area (Å²) in [6.07, 6.45) is -4.39. The van der Waals surface area contributed by atoms with Gasteiger partial charge in [0.15, 0.2) is 0 Å². The minimum Gasteiger partial charge on any atom is -0.369 e. The SMILES string of the molecule is CN(C)CCNc1cccc(C(F)(F)F)n1. The molecule has 1 aromatic rings. The second-order valence-corrected chi connectivity index (χ2v) is 3.64. The third kappa shape index (κ3) is 4.06. The molecule has 0 saturated heterocycles. The van der Waals surface area contributed by atoms with Crippen molar-refractivity contribution in [1.29, 1.82) is 0 Å². The molecule has 0 saturated carbocycles. The van der Waals surface area contributed by atoms with E-state index in [1.54, 1.807) is 0 Å². The smallest absolute Gasteiger partial charge is 0.369 e. The topological polar surface area (TPSA) is 28.2 Å². The molecular formula is C10H14F3N3. The van der Waals surface area contributed by atoms with Crippen LogP contribution in [0.3, 0.4) is 0 Å². The maximum atomic E-state index is 12.3. The van der Waals surface area contributed by atoms with Gasteiger partial charge in [0, 0.05) is 13.1 Å². The molecule has 0 fully saturated rings. The van der Waals surface area contributed by atoms with Gasteiger partial charge in [-0.25, -0.2) is 4.98 Å². The Morgan fingerprint density at radius 2 is 2.00 bits per heavy atom. The fourth-order valence-corrected chi connectivity index (χ4v) is 1.10. The second-order valence-electron chi connectivity index (χ2n) is 3.64. The monoisotopic (exact) mass is 233 g/mol. The van der Waals surface area contributed by atoms with Crippen molar-refractivity contribution in [2.24, 2.45) is 0 Å². The standard InChI is InChI=1S/C10H14F3N3/c1-16(2)7-6-14-9-5-3-4-8(15-9)10(11,12)13/h3-5H,6-7H2,1-2H3,(H,14,15). The van der Waals surface area contributed by atoms with E-state index in [9.17, 15) is 13.2 Å². The molecule has 1 aromatic heterocycles. The normalized spacial score (nSPS) is 11.9. The fourth-order valence-electron chi connectivity index (χ4n) is 1.10. The number of alkyl halides is 3. The Balaban J connectivity index is 2.61. The number of nitrogens with zero attached hydrogens (tertiary/aromatic N) is 2. The van der Waals surface area contributed by atoms with Gasteiger partial charge < -0.3 is 10.2 Å². The average molecular weight is 233 g/mol. The summed E-state index contributed by atoms with van der Waals surface area (Å²) in [5, 5.41) is 2.84. The number of aromatic nitrogens is 1. The molecule has 90 valence electrons. The number of nitrogens with one attached hydrogen (secondary N) is 1. The summed E-state index contributed by atoms with van der Waals surface area (Å²) < 4.78 is 37.0. The molecule has 1 rings (SSSR count). The number of rotatable bonds is 4. The summed E-state index contributed by atoms with van der Waals surface area (Å²) in [4.78, 5) is 5.42. The Morgan fingerprint density at radius 3 is 2.56 bits per heavy atom. The minimum atomic E-state index is -4.39. The molecule has 1 heterocycles. The Hall–Kier alpha value is -1.30. The lowest BCUT2D eigenvalue weighted by Gasteiger charge is -2.12. The minimum absolute atomic E-state index is 0.247. The molecule has 0 atom stereocenters. The number of pyridine rings is 1. The van der Waals surface area contributed by atoms with Gasteiger partial charge in [-0.2, -0.15) is 13.2 Å². The Bertz CT molecular complexity index is 336. The second kappa shape index (κ2) is 5.16. The average Bonchev–Trinajstić information content (AvgIpc) is 2.16. The molecule has 0 aliphatic heterocycles. The lowest BCUT2D eigenvalue weighted by atomic mass is 10.3. The summed E-state index contributed by atoms with van der Waals surface area (Å²) in [5.41, 5.74) is -0.873. The summed E-state index contributed by atoms with van der Waals surface area (Å²) in [6, 6.07) is 3.82. The predicted octanol–water partition coefficient (Wildman–Crippen LogP) is 2.07. The van der Waals surface area contributed by atoms with Gasteiger partial charge >= 0.3 is 6.18 Å². The van der Waals surface area contributed by atoms with Gasteiger partial charge in [-0.1, -0.05) is 6.07 Å². The zero-order valence-corrected chi connectivity index (χ0v) is 9.17. The Kier molecular flexibility index (Phi) is 4.12. The molecule has 3 nitrogen and oxygen atoms in total. The van der Waals surface area contributed by atoms with Crippen LogP contribution in [0.1, 0.15) is 5.69 Å². The van der Waals surface area contributed by atoms with E-state index in [4.69, 9.17) is 0 Å². The molecule has 16 heavy (non-hydrogen) atoms. The molecule has 0 unspecified atom stereocenters. The predicted molar refractivity (Wildman–Crippen MR) is 56.3 cm³/mol. The van der Waals surface area contributed by atoms with Gasteiger partial charge in [0.2, 0.25) is 0 Å². The summed E-state index contributed by atoms with van der Waals surface area (Å²) in [7, 11) is 3.78. The van der Waals surface area contributed by atoms with Crippen LogP contribution in [0.4, 0.5) is 19.0 Å². The Labute approximate surface area is 92.3 Å². The molecule has 0 amide bonds. The lowest BCUT2D eigenvalue weighted by Crippen LogP contribution is -2.21. The van der Waals surface area contributed by atoms with E-state index in [0.29, 0.717) is 6.54 Å². The zero-order chi connectivity index (χ0) is 12.2. The van der Waals surface area contributed by atoms with Crippen LogP contribution in [0.25, 0.3) is 0 Å². The molecule has 0 radical (unpaired) electrons. The highest BCUT2D eigenvalue weighted by atomic mass is 19.4. The van der Waals surface area contributed by atoms with Crippen molar-refractivity contribution in [3.8, 4) is 0 Å². The first-order valence-corrected chi connectivity index (χ1v) is 4.82. The molecular weight excluding hydrogens is 219 g/mol. The number of halogens is 3. The highest BCUT2D eigenvalue weighted by molar-refractivity contribution is 5.35. The van der Waals surface area contributed by atoms with Crippen molar-refractivity contribution in [3.63, 3.8) is 0 Å². The van der Waals surface area contributed by atoms with Crippen molar-refractivity contribution in [2.45, 2.75) is 6.18 Å².